The van der Waals surface area contributed by atoms with Gasteiger partial charge in [0.25, 0.3) is 5.91 Å². The second-order valence-corrected chi connectivity index (χ2v) is 7.11. The second kappa shape index (κ2) is 8.18. The van der Waals surface area contributed by atoms with Gasteiger partial charge in [-0.3, -0.25) is 14.7 Å². The molecule has 0 aliphatic carbocycles. The van der Waals surface area contributed by atoms with Crippen molar-refractivity contribution in [2.45, 2.75) is 25.1 Å². The number of nitrogens with two attached hydrogens (primary N) is 1. The number of carbonyl (C=O) groups is 1. The molecular formula is C20H23F3N4O. The first-order valence-corrected chi connectivity index (χ1v) is 9.12. The van der Waals surface area contributed by atoms with Crippen LogP contribution in [-0.4, -0.2) is 35.9 Å². The normalized spacial score (nSPS) is 20.7. The Balaban J connectivity index is 1.79. The van der Waals surface area contributed by atoms with Crippen molar-refractivity contribution in [3.63, 3.8) is 0 Å². The lowest BCUT2D eigenvalue weighted by atomic mass is 9.84. The minimum absolute atomic E-state index is 0.0117. The predicted octanol–water partition coefficient (Wildman–Crippen LogP) is 3.69. The highest BCUT2D eigenvalue weighted by Crippen LogP contribution is 2.37. The van der Waals surface area contributed by atoms with Crippen LogP contribution in [0.5, 0.6) is 0 Å². The number of alkyl halides is 3. The number of hydrogen-bond acceptors (Lipinski definition) is 4. The van der Waals surface area contributed by atoms with Gasteiger partial charge in [-0.05, 0) is 56.1 Å². The number of pyridine rings is 1. The monoisotopic (exact) mass is 392 g/mol. The fourth-order valence-electron chi connectivity index (χ4n) is 3.86. The minimum atomic E-state index is -4.34. The van der Waals surface area contributed by atoms with Crippen molar-refractivity contribution in [2.24, 2.45) is 11.7 Å². The first kappa shape index (κ1) is 20.1. The van der Waals surface area contributed by atoms with E-state index in [2.05, 4.69) is 15.2 Å². The number of halogens is 3. The molecule has 28 heavy (non-hydrogen) atoms. The highest BCUT2D eigenvalue weighted by Gasteiger charge is 2.33. The van der Waals surface area contributed by atoms with Crippen LogP contribution < -0.4 is 11.1 Å². The fourth-order valence-corrected chi connectivity index (χ4v) is 3.86. The van der Waals surface area contributed by atoms with Gasteiger partial charge >= 0.3 is 6.18 Å². The van der Waals surface area contributed by atoms with E-state index in [1.807, 2.05) is 7.05 Å². The van der Waals surface area contributed by atoms with Gasteiger partial charge in [0.1, 0.15) is 0 Å². The average molecular weight is 392 g/mol. The Morgan fingerprint density at radius 1 is 1.29 bits per heavy atom. The first-order chi connectivity index (χ1) is 13.3. The highest BCUT2D eigenvalue weighted by atomic mass is 19.4. The number of primary amides is 1. The van der Waals surface area contributed by atoms with Crippen LogP contribution in [-0.2, 0) is 6.18 Å². The third-order valence-corrected chi connectivity index (χ3v) is 5.23. The largest absolute Gasteiger partial charge is 0.416 e. The maximum absolute atomic E-state index is 12.9. The lowest BCUT2D eigenvalue weighted by Gasteiger charge is -2.40. The summed E-state index contributed by atoms with van der Waals surface area (Å²) in [6.45, 7) is 1.45. The molecular weight excluding hydrogens is 369 g/mol. The van der Waals surface area contributed by atoms with Gasteiger partial charge in [-0.2, -0.15) is 13.2 Å². The molecule has 2 atom stereocenters. The van der Waals surface area contributed by atoms with Crippen LogP contribution in [0, 0.1) is 5.92 Å². The average Bonchev–Trinajstić information content (AvgIpc) is 2.66. The lowest BCUT2D eigenvalue weighted by Crippen LogP contribution is -2.39. The Morgan fingerprint density at radius 2 is 2.00 bits per heavy atom. The van der Waals surface area contributed by atoms with Crippen molar-refractivity contribution < 1.29 is 18.0 Å². The number of carbonyl (C=O) groups excluding carboxylic acids is 1. The van der Waals surface area contributed by atoms with Crippen molar-refractivity contribution in [2.75, 3.05) is 25.5 Å². The Kier molecular flexibility index (Phi) is 5.88. The molecule has 0 bridgehead atoms. The maximum atomic E-state index is 12.9. The Hall–Kier alpha value is -2.61. The minimum Gasteiger partial charge on any atom is -0.384 e. The van der Waals surface area contributed by atoms with E-state index >= 15 is 0 Å². The molecule has 2 heterocycles. The van der Waals surface area contributed by atoms with E-state index in [1.165, 1.54) is 6.20 Å². The van der Waals surface area contributed by atoms with Crippen LogP contribution in [0.3, 0.4) is 0 Å². The molecule has 1 aliphatic heterocycles. The van der Waals surface area contributed by atoms with Crippen LogP contribution in [0.1, 0.15) is 40.4 Å². The van der Waals surface area contributed by atoms with Gasteiger partial charge in [-0.15, -0.1) is 0 Å². The highest BCUT2D eigenvalue weighted by molar-refractivity contribution is 5.98. The van der Waals surface area contributed by atoms with Gasteiger partial charge in [0.2, 0.25) is 0 Å². The van der Waals surface area contributed by atoms with Gasteiger partial charge in [0, 0.05) is 25.0 Å². The molecule has 1 aromatic heterocycles. The molecule has 1 saturated heterocycles. The fraction of sp³-hybridized carbons (Fsp3) is 0.400. The standard InChI is InChI=1S/C20H23F3N4O/c1-27-10-2-3-14(11-26-17-8-9-25-12-16(17)19(24)28)18(27)13-4-6-15(7-5-13)20(21,22)23/h4-9,12,14,18H,2-3,10-11H2,1H3,(H2,24,28)(H,25,26). The molecule has 3 N–H and O–H groups in total. The van der Waals surface area contributed by atoms with E-state index in [-0.39, 0.29) is 12.0 Å². The van der Waals surface area contributed by atoms with E-state index in [1.54, 1.807) is 24.4 Å². The summed E-state index contributed by atoms with van der Waals surface area (Å²) in [5, 5.41) is 3.27. The summed E-state index contributed by atoms with van der Waals surface area (Å²) in [6.07, 6.45) is 0.587. The van der Waals surface area contributed by atoms with E-state index in [0.717, 1.165) is 37.1 Å². The third kappa shape index (κ3) is 4.44. The van der Waals surface area contributed by atoms with Crippen molar-refractivity contribution in [1.82, 2.24) is 9.88 Å². The Bertz CT molecular complexity index is 823. The molecule has 1 aliphatic rings. The topological polar surface area (TPSA) is 71.2 Å². The Labute approximate surface area is 161 Å². The zero-order chi connectivity index (χ0) is 20.3. The van der Waals surface area contributed by atoms with E-state index in [0.29, 0.717) is 17.8 Å². The molecule has 0 radical (unpaired) electrons. The SMILES string of the molecule is CN1CCCC(CNc2ccncc2C(N)=O)C1c1ccc(C(F)(F)F)cc1. The molecule has 1 aromatic carbocycles. The number of nitrogens with one attached hydrogen (secondary N) is 1. The number of nitrogens with zero attached hydrogens (tertiary/aromatic N) is 2. The van der Waals surface area contributed by atoms with Gasteiger partial charge in [0.05, 0.1) is 16.8 Å². The van der Waals surface area contributed by atoms with Crippen molar-refractivity contribution in [3.05, 3.63) is 59.4 Å². The first-order valence-electron chi connectivity index (χ1n) is 9.12. The van der Waals surface area contributed by atoms with Crippen LogP contribution in [0.2, 0.25) is 0 Å². The molecule has 0 saturated carbocycles. The van der Waals surface area contributed by atoms with Crippen LogP contribution >= 0.6 is 0 Å². The van der Waals surface area contributed by atoms with Gasteiger partial charge in [-0.25, -0.2) is 0 Å². The van der Waals surface area contributed by atoms with Crippen LogP contribution in [0.15, 0.2) is 42.7 Å². The maximum Gasteiger partial charge on any atom is 0.416 e. The molecule has 0 spiro atoms. The van der Waals surface area contributed by atoms with Crippen LogP contribution in [0.4, 0.5) is 18.9 Å². The molecule has 5 nitrogen and oxygen atoms in total. The molecule has 8 heteroatoms. The summed E-state index contributed by atoms with van der Waals surface area (Å²) < 4.78 is 38.6. The number of amides is 1. The van der Waals surface area contributed by atoms with E-state index in [9.17, 15) is 18.0 Å². The summed E-state index contributed by atoms with van der Waals surface area (Å²) in [4.78, 5) is 17.7. The molecule has 1 fully saturated rings. The van der Waals surface area contributed by atoms with Crippen LogP contribution in [0.25, 0.3) is 0 Å². The smallest absolute Gasteiger partial charge is 0.384 e. The summed E-state index contributed by atoms with van der Waals surface area (Å²) >= 11 is 0. The van der Waals surface area contributed by atoms with Crippen molar-refractivity contribution in [3.8, 4) is 0 Å². The third-order valence-electron chi connectivity index (χ3n) is 5.23. The van der Waals surface area contributed by atoms with Crippen molar-refractivity contribution >= 4 is 11.6 Å². The number of piperidine rings is 1. The van der Waals surface area contributed by atoms with E-state index < -0.39 is 17.6 Å². The van der Waals surface area contributed by atoms with E-state index in [4.69, 9.17) is 5.73 Å². The number of aromatic nitrogens is 1. The molecule has 2 aromatic rings. The van der Waals surface area contributed by atoms with Gasteiger partial charge < -0.3 is 11.1 Å². The number of anilines is 1. The number of benzene rings is 1. The molecule has 2 unspecified atom stereocenters. The second-order valence-electron chi connectivity index (χ2n) is 7.11. The predicted molar refractivity (Wildman–Crippen MR) is 101 cm³/mol. The van der Waals surface area contributed by atoms with Gasteiger partial charge in [-0.1, -0.05) is 12.1 Å². The number of likely N-dealkylation sites (tertiary alicyclic amines) is 1. The summed E-state index contributed by atoms with van der Waals surface area (Å²) in [6, 6.07) is 7.07. The van der Waals surface area contributed by atoms with Gasteiger partial charge in [0.15, 0.2) is 0 Å². The summed E-state index contributed by atoms with van der Waals surface area (Å²) in [5.41, 5.74) is 6.53. The Morgan fingerprint density at radius 3 is 2.64 bits per heavy atom. The molecule has 1 amide bonds. The zero-order valence-corrected chi connectivity index (χ0v) is 15.5. The van der Waals surface area contributed by atoms with Crippen molar-refractivity contribution in [1.29, 1.82) is 0 Å². The number of rotatable bonds is 5. The molecule has 150 valence electrons. The summed E-state index contributed by atoms with van der Waals surface area (Å²) in [7, 11) is 1.98. The quantitative estimate of drug-likeness (QED) is 0.814. The summed E-state index contributed by atoms with van der Waals surface area (Å²) in [5.74, 6) is -0.389. The lowest BCUT2D eigenvalue weighted by molar-refractivity contribution is -0.137. The zero-order valence-electron chi connectivity index (χ0n) is 15.5. The molecule has 3 rings (SSSR count). The number of hydrogen-bond donors (Lipinski definition) is 2.